The number of likely N-dealkylation sites (tertiary alicyclic amines) is 2. The largest absolute Gasteiger partial charge is 0.457 e. The molecule has 6 rings (SSSR count). The van der Waals surface area contributed by atoms with Crippen LogP contribution in [0.15, 0.2) is 24.3 Å². The van der Waals surface area contributed by atoms with Crippen molar-refractivity contribution in [3.8, 4) is 0 Å². The topological polar surface area (TPSA) is 152 Å². The minimum Gasteiger partial charge on any atom is -0.457 e. The Balaban J connectivity index is 0.000000188. The van der Waals surface area contributed by atoms with Crippen molar-refractivity contribution in [2.75, 3.05) is 26.2 Å². The highest BCUT2D eigenvalue weighted by Gasteiger charge is 2.40. The van der Waals surface area contributed by atoms with Crippen LogP contribution in [0, 0.1) is 13.8 Å². The third kappa shape index (κ3) is 7.29. The molecule has 0 spiro atoms. The molecule has 2 aromatic carbocycles. The van der Waals surface area contributed by atoms with Gasteiger partial charge in [0.2, 0.25) is 0 Å². The van der Waals surface area contributed by atoms with Crippen molar-refractivity contribution in [3.05, 3.63) is 68.8 Å². The lowest BCUT2D eigenvalue weighted by Gasteiger charge is -2.24. The van der Waals surface area contributed by atoms with Gasteiger partial charge in [0.05, 0.1) is 36.4 Å². The van der Waals surface area contributed by atoms with Gasteiger partial charge in [-0.25, -0.2) is 19.2 Å². The molecule has 0 aromatic heterocycles. The summed E-state index contributed by atoms with van der Waals surface area (Å²) < 4.78 is 20.9. The van der Waals surface area contributed by atoms with Gasteiger partial charge < -0.3 is 39.0 Å². The molecule has 4 heterocycles. The lowest BCUT2D eigenvalue weighted by Crippen LogP contribution is -2.35. The highest BCUT2D eigenvalue weighted by molar-refractivity contribution is 5.94. The predicted molar refractivity (Wildman–Crippen MR) is 174 cm³/mol. The molecular weight excluding hydrogens is 620 g/mol. The summed E-state index contributed by atoms with van der Waals surface area (Å²) in [6, 6.07) is 7.20. The van der Waals surface area contributed by atoms with Crippen LogP contribution >= 0.6 is 0 Å². The van der Waals surface area contributed by atoms with E-state index in [0.29, 0.717) is 24.2 Å². The van der Waals surface area contributed by atoms with E-state index in [9.17, 15) is 29.4 Å². The molecule has 2 amide bonds. The van der Waals surface area contributed by atoms with Gasteiger partial charge in [-0.2, -0.15) is 0 Å². The van der Waals surface area contributed by atoms with Gasteiger partial charge in [-0.15, -0.1) is 0 Å². The zero-order valence-electron chi connectivity index (χ0n) is 28.9. The number of fused-ring (bicyclic) bond motifs is 2. The Morgan fingerprint density at radius 1 is 0.667 bits per heavy atom. The van der Waals surface area contributed by atoms with E-state index in [1.54, 1.807) is 12.1 Å². The Kier molecular flexibility index (Phi) is 9.55. The standard InChI is InChI=1S/2C18H23NO5/c2*1-10-11(5-6-12-14(10)9-23-16(12)21)13-7-19(8-15(13)20)17(22)24-18(2,3)4/h2*5-6,13,15,20H,7-9H2,1-4H3. The van der Waals surface area contributed by atoms with Crippen LogP contribution in [0.4, 0.5) is 9.59 Å². The first-order chi connectivity index (χ1) is 22.3. The fraction of sp³-hybridized carbons (Fsp3) is 0.556. The number of amides is 2. The van der Waals surface area contributed by atoms with Gasteiger partial charge in [0.1, 0.15) is 24.4 Å². The van der Waals surface area contributed by atoms with E-state index < -0.39 is 35.6 Å². The van der Waals surface area contributed by atoms with Gasteiger partial charge in [-0.3, -0.25) is 0 Å². The van der Waals surface area contributed by atoms with Crippen molar-refractivity contribution >= 4 is 24.1 Å². The molecular formula is C36H46N2O10. The zero-order valence-corrected chi connectivity index (χ0v) is 28.9. The van der Waals surface area contributed by atoms with Crippen molar-refractivity contribution < 1.29 is 48.3 Å². The molecule has 0 radical (unpaired) electrons. The summed E-state index contributed by atoms with van der Waals surface area (Å²) in [6.07, 6.45) is -2.15. The number of carbonyl (C=O) groups excluding carboxylic acids is 4. The third-order valence-corrected chi connectivity index (χ3v) is 9.10. The van der Waals surface area contributed by atoms with Crippen LogP contribution in [0.3, 0.4) is 0 Å². The number of cyclic esters (lactones) is 2. The molecule has 0 aliphatic carbocycles. The van der Waals surface area contributed by atoms with Gasteiger partial charge in [0.15, 0.2) is 0 Å². The molecule has 0 saturated carbocycles. The number of aliphatic hydroxyl groups excluding tert-OH is 2. The number of hydrogen-bond donors (Lipinski definition) is 2. The summed E-state index contributed by atoms with van der Waals surface area (Å²) in [5.74, 6) is -0.999. The number of β-amino-alcohol motifs (C(OH)–C–C–N with tert-alkyl or cyclic N) is 2. The van der Waals surface area contributed by atoms with Crippen molar-refractivity contribution in [2.24, 2.45) is 0 Å². The molecule has 12 nitrogen and oxygen atoms in total. The molecule has 48 heavy (non-hydrogen) atoms. The molecule has 4 aliphatic rings. The van der Waals surface area contributed by atoms with Crippen LogP contribution in [-0.2, 0) is 32.2 Å². The molecule has 0 bridgehead atoms. The lowest BCUT2D eigenvalue weighted by atomic mass is 9.88. The fourth-order valence-corrected chi connectivity index (χ4v) is 6.67. The first kappa shape index (κ1) is 35.2. The molecule has 260 valence electrons. The summed E-state index contributed by atoms with van der Waals surface area (Å²) in [4.78, 5) is 50.8. The number of nitrogens with zero attached hydrogens (tertiary/aromatic N) is 2. The fourth-order valence-electron chi connectivity index (χ4n) is 6.67. The molecule has 2 aromatic rings. The van der Waals surface area contributed by atoms with Crippen molar-refractivity contribution in [1.29, 1.82) is 0 Å². The van der Waals surface area contributed by atoms with Crippen molar-refractivity contribution in [3.63, 3.8) is 0 Å². The molecule has 4 unspecified atom stereocenters. The number of rotatable bonds is 2. The second-order valence-corrected chi connectivity index (χ2v) is 14.9. The number of benzene rings is 2. The van der Waals surface area contributed by atoms with Crippen LogP contribution in [0.1, 0.15) is 107 Å². The van der Waals surface area contributed by atoms with E-state index in [1.807, 2.05) is 67.5 Å². The Labute approximate surface area is 280 Å². The van der Waals surface area contributed by atoms with Crippen LogP contribution in [0.25, 0.3) is 0 Å². The maximum atomic E-state index is 12.2. The smallest absolute Gasteiger partial charge is 0.410 e. The third-order valence-electron chi connectivity index (χ3n) is 9.10. The number of esters is 2. The van der Waals surface area contributed by atoms with Crippen molar-refractivity contribution in [2.45, 2.75) is 104 Å². The normalized spacial score (nSPS) is 23.2. The Bertz CT molecular complexity index is 1500. The maximum absolute atomic E-state index is 12.2. The summed E-state index contributed by atoms with van der Waals surface area (Å²) in [6.45, 7) is 16.6. The quantitative estimate of drug-likeness (QED) is 0.340. The van der Waals surface area contributed by atoms with Gasteiger partial charge in [-0.05, 0) is 89.8 Å². The van der Waals surface area contributed by atoms with Gasteiger partial charge >= 0.3 is 24.1 Å². The average molecular weight is 667 g/mol. The maximum Gasteiger partial charge on any atom is 0.410 e. The molecule has 4 atom stereocenters. The zero-order chi connectivity index (χ0) is 35.3. The van der Waals surface area contributed by atoms with E-state index in [1.165, 1.54) is 9.80 Å². The molecule has 2 saturated heterocycles. The van der Waals surface area contributed by atoms with E-state index in [4.69, 9.17) is 18.9 Å². The number of aliphatic hydroxyl groups is 2. The molecule has 4 aliphatic heterocycles. The van der Waals surface area contributed by atoms with Crippen LogP contribution in [0.5, 0.6) is 0 Å². The Hall–Kier alpha value is -4.16. The minimum atomic E-state index is -0.660. The summed E-state index contributed by atoms with van der Waals surface area (Å²) >= 11 is 0. The van der Waals surface area contributed by atoms with E-state index >= 15 is 0 Å². The predicted octanol–water partition coefficient (Wildman–Crippen LogP) is 4.72. The van der Waals surface area contributed by atoms with Crippen LogP contribution < -0.4 is 0 Å². The second-order valence-electron chi connectivity index (χ2n) is 14.9. The second kappa shape index (κ2) is 13.0. The summed E-state index contributed by atoms with van der Waals surface area (Å²) in [5.41, 5.74) is 5.60. The minimum absolute atomic E-state index is 0.196. The van der Waals surface area contributed by atoms with E-state index in [-0.39, 0.29) is 50.1 Å². The first-order valence-electron chi connectivity index (χ1n) is 16.3. The highest BCUT2D eigenvalue weighted by Crippen LogP contribution is 2.36. The molecule has 2 fully saturated rings. The molecule has 2 N–H and O–H groups in total. The average Bonchev–Trinajstić information content (AvgIpc) is 3.75. The lowest BCUT2D eigenvalue weighted by molar-refractivity contribution is 0.0261. The van der Waals surface area contributed by atoms with Crippen LogP contribution in [0.2, 0.25) is 0 Å². The van der Waals surface area contributed by atoms with Gasteiger partial charge in [0.25, 0.3) is 0 Å². The number of hydrogen-bond acceptors (Lipinski definition) is 10. The summed E-state index contributed by atoms with van der Waals surface area (Å²) in [7, 11) is 0. The highest BCUT2D eigenvalue weighted by atomic mass is 16.6. The van der Waals surface area contributed by atoms with Crippen LogP contribution in [-0.4, -0.2) is 93.7 Å². The monoisotopic (exact) mass is 666 g/mol. The Morgan fingerprint density at radius 2 is 1.02 bits per heavy atom. The van der Waals surface area contributed by atoms with Gasteiger partial charge in [-0.1, -0.05) is 12.1 Å². The van der Waals surface area contributed by atoms with E-state index in [0.717, 1.165) is 33.4 Å². The first-order valence-corrected chi connectivity index (χ1v) is 16.3. The Morgan fingerprint density at radius 3 is 1.35 bits per heavy atom. The van der Waals surface area contributed by atoms with E-state index in [2.05, 4.69) is 0 Å². The van der Waals surface area contributed by atoms with Gasteiger partial charge in [0, 0.05) is 36.1 Å². The molecule has 12 heteroatoms. The summed E-state index contributed by atoms with van der Waals surface area (Å²) in [5, 5.41) is 20.9. The number of ether oxygens (including phenoxy) is 4. The SMILES string of the molecule is Cc1c(C2CN(C(=O)OC(C)(C)C)CC2O)ccc2c1COC2=O.Cc1c(C2CN(C(=O)OC(C)(C)C)CC2O)ccc2c1COC2=O. The number of carbonyl (C=O) groups is 4. The van der Waals surface area contributed by atoms with Crippen molar-refractivity contribution in [1.82, 2.24) is 9.80 Å².